The van der Waals surface area contributed by atoms with Crippen molar-refractivity contribution in [3.63, 3.8) is 0 Å². The molecule has 1 aliphatic rings. The smallest absolute Gasteiger partial charge is 0.212 e. The average Bonchev–Trinajstić information content (AvgIpc) is 2.38. The lowest BCUT2D eigenvalue weighted by molar-refractivity contribution is 0.475. The first-order valence-corrected chi connectivity index (χ1v) is 6.18. The summed E-state index contributed by atoms with van der Waals surface area (Å²) < 4.78 is 22.3. The molecule has 1 fully saturated rings. The van der Waals surface area contributed by atoms with E-state index in [1.54, 1.807) is 0 Å². The second-order valence-electron chi connectivity index (χ2n) is 3.58. The molecule has 4 heteroatoms. The van der Waals surface area contributed by atoms with Crippen LogP contribution in [0.25, 0.3) is 0 Å². The van der Waals surface area contributed by atoms with Crippen LogP contribution in [-0.4, -0.2) is 13.7 Å². The van der Waals surface area contributed by atoms with Gasteiger partial charge in [0.1, 0.15) is 0 Å². The molecule has 0 aromatic heterocycles. The van der Waals surface area contributed by atoms with Crippen LogP contribution in [0.5, 0.6) is 0 Å². The molecule has 0 saturated heterocycles. The standard InChI is InChI=1S/C8H17NO2S/c1-2-8(12(9,10)11)7-5-3-4-6-7/h7-8H,2-6H2,1H3,(H2,9,10,11). The van der Waals surface area contributed by atoms with Crippen LogP contribution in [0.3, 0.4) is 0 Å². The monoisotopic (exact) mass is 191 g/mol. The van der Waals surface area contributed by atoms with Gasteiger partial charge in [-0.05, 0) is 25.2 Å². The quantitative estimate of drug-likeness (QED) is 0.729. The summed E-state index contributed by atoms with van der Waals surface area (Å²) in [5, 5.41) is 4.85. The van der Waals surface area contributed by atoms with Crippen molar-refractivity contribution in [2.24, 2.45) is 11.1 Å². The molecule has 72 valence electrons. The van der Waals surface area contributed by atoms with Crippen molar-refractivity contribution in [2.75, 3.05) is 0 Å². The van der Waals surface area contributed by atoms with E-state index in [4.69, 9.17) is 5.14 Å². The number of nitrogens with two attached hydrogens (primary N) is 1. The van der Waals surface area contributed by atoms with Crippen LogP contribution in [0.15, 0.2) is 0 Å². The van der Waals surface area contributed by atoms with Gasteiger partial charge in [0.15, 0.2) is 0 Å². The highest BCUT2D eigenvalue weighted by Gasteiger charge is 2.31. The van der Waals surface area contributed by atoms with Crippen LogP contribution < -0.4 is 5.14 Å². The summed E-state index contributed by atoms with van der Waals surface area (Å²) in [4.78, 5) is 0. The van der Waals surface area contributed by atoms with Crippen LogP contribution >= 0.6 is 0 Å². The summed E-state index contributed by atoms with van der Waals surface area (Å²) in [6.45, 7) is 1.90. The first-order valence-electron chi connectivity index (χ1n) is 4.57. The van der Waals surface area contributed by atoms with Gasteiger partial charge in [-0.2, -0.15) is 0 Å². The SMILES string of the molecule is CCC(C1CCCC1)S(N)(=O)=O. The Morgan fingerprint density at radius 3 is 2.25 bits per heavy atom. The Kier molecular flexibility index (Phi) is 3.12. The maximum absolute atomic E-state index is 11.1. The Balaban J connectivity index is 2.68. The van der Waals surface area contributed by atoms with E-state index in [9.17, 15) is 8.42 Å². The van der Waals surface area contributed by atoms with Crippen molar-refractivity contribution < 1.29 is 8.42 Å². The van der Waals surface area contributed by atoms with E-state index in [-0.39, 0.29) is 5.25 Å². The van der Waals surface area contributed by atoms with Crippen molar-refractivity contribution in [1.29, 1.82) is 0 Å². The Morgan fingerprint density at radius 1 is 1.42 bits per heavy atom. The van der Waals surface area contributed by atoms with Crippen molar-refractivity contribution in [2.45, 2.75) is 44.3 Å². The van der Waals surface area contributed by atoms with E-state index in [1.165, 1.54) is 0 Å². The zero-order valence-electron chi connectivity index (χ0n) is 7.49. The molecule has 1 aliphatic carbocycles. The molecule has 1 rings (SSSR count). The molecule has 0 aromatic rings. The van der Waals surface area contributed by atoms with Gasteiger partial charge in [-0.3, -0.25) is 0 Å². The van der Waals surface area contributed by atoms with E-state index in [0.29, 0.717) is 12.3 Å². The minimum absolute atomic E-state index is 0.292. The van der Waals surface area contributed by atoms with Crippen LogP contribution in [0, 0.1) is 5.92 Å². The molecule has 1 saturated carbocycles. The fourth-order valence-electron chi connectivity index (χ4n) is 2.16. The lowest BCUT2D eigenvalue weighted by Crippen LogP contribution is -2.33. The van der Waals surface area contributed by atoms with Crippen LogP contribution in [0.4, 0.5) is 0 Å². The molecule has 3 nitrogen and oxygen atoms in total. The summed E-state index contributed by atoms with van der Waals surface area (Å²) in [6.07, 6.45) is 5.06. The second kappa shape index (κ2) is 3.75. The topological polar surface area (TPSA) is 60.2 Å². The highest BCUT2D eigenvalue weighted by molar-refractivity contribution is 7.89. The molecular weight excluding hydrogens is 174 g/mol. The van der Waals surface area contributed by atoms with Gasteiger partial charge in [0, 0.05) is 0 Å². The minimum Gasteiger partial charge on any atom is -0.228 e. The Bertz CT molecular complexity index is 229. The third kappa shape index (κ3) is 2.20. The average molecular weight is 191 g/mol. The number of hydrogen-bond acceptors (Lipinski definition) is 2. The number of sulfonamides is 1. The predicted molar refractivity (Wildman–Crippen MR) is 49.1 cm³/mol. The van der Waals surface area contributed by atoms with Crippen LogP contribution in [0.1, 0.15) is 39.0 Å². The molecule has 12 heavy (non-hydrogen) atoms. The number of hydrogen-bond donors (Lipinski definition) is 1. The first-order chi connectivity index (χ1) is 5.55. The van der Waals surface area contributed by atoms with Crippen molar-refractivity contribution in [1.82, 2.24) is 0 Å². The predicted octanol–water partition coefficient (Wildman–Crippen LogP) is 1.24. The van der Waals surface area contributed by atoms with Crippen LogP contribution in [0.2, 0.25) is 0 Å². The lowest BCUT2D eigenvalue weighted by atomic mass is 10.0. The Labute approximate surface area is 74.4 Å². The molecule has 2 N–H and O–H groups in total. The molecule has 0 heterocycles. The van der Waals surface area contributed by atoms with Gasteiger partial charge in [0.2, 0.25) is 10.0 Å². The van der Waals surface area contributed by atoms with Crippen molar-refractivity contribution >= 4 is 10.0 Å². The van der Waals surface area contributed by atoms with Gasteiger partial charge in [-0.1, -0.05) is 19.8 Å². The van der Waals surface area contributed by atoms with Crippen molar-refractivity contribution in [3.8, 4) is 0 Å². The van der Waals surface area contributed by atoms with E-state index >= 15 is 0 Å². The zero-order valence-corrected chi connectivity index (χ0v) is 8.31. The normalized spacial score (nSPS) is 22.8. The molecule has 0 aromatic carbocycles. The fraction of sp³-hybridized carbons (Fsp3) is 1.00. The molecule has 1 atom stereocenters. The van der Waals surface area contributed by atoms with E-state index in [0.717, 1.165) is 25.7 Å². The Hall–Kier alpha value is -0.0900. The zero-order chi connectivity index (χ0) is 9.19. The first kappa shape index (κ1) is 9.99. The molecule has 0 spiro atoms. The number of primary sulfonamides is 1. The second-order valence-corrected chi connectivity index (χ2v) is 5.36. The molecule has 0 amide bonds. The maximum Gasteiger partial charge on any atom is 0.212 e. The van der Waals surface area contributed by atoms with Gasteiger partial charge < -0.3 is 0 Å². The third-order valence-corrected chi connectivity index (χ3v) is 4.31. The molecular formula is C8H17NO2S. The lowest BCUT2D eigenvalue weighted by Gasteiger charge is -2.18. The Morgan fingerprint density at radius 2 is 1.92 bits per heavy atom. The maximum atomic E-state index is 11.1. The molecule has 0 radical (unpaired) electrons. The summed E-state index contributed by atoms with van der Waals surface area (Å²) in [5.74, 6) is 0.324. The van der Waals surface area contributed by atoms with Gasteiger partial charge >= 0.3 is 0 Å². The van der Waals surface area contributed by atoms with Crippen LogP contribution in [-0.2, 0) is 10.0 Å². The minimum atomic E-state index is -3.30. The number of rotatable bonds is 3. The summed E-state index contributed by atoms with van der Waals surface area (Å²) in [5.41, 5.74) is 0. The summed E-state index contributed by atoms with van der Waals surface area (Å²) in [7, 11) is -3.30. The molecule has 0 bridgehead atoms. The van der Waals surface area contributed by atoms with Gasteiger partial charge in [-0.25, -0.2) is 13.6 Å². The van der Waals surface area contributed by atoms with E-state index < -0.39 is 10.0 Å². The van der Waals surface area contributed by atoms with Gasteiger partial charge in [0.25, 0.3) is 0 Å². The third-order valence-electron chi connectivity index (χ3n) is 2.75. The van der Waals surface area contributed by atoms with E-state index in [1.807, 2.05) is 6.92 Å². The largest absolute Gasteiger partial charge is 0.228 e. The summed E-state index contributed by atoms with van der Waals surface area (Å²) >= 11 is 0. The molecule has 0 aliphatic heterocycles. The highest BCUT2D eigenvalue weighted by Crippen LogP contribution is 2.31. The van der Waals surface area contributed by atoms with Gasteiger partial charge in [0.05, 0.1) is 5.25 Å². The van der Waals surface area contributed by atoms with E-state index in [2.05, 4.69) is 0 Å². The van der Waals surface area contributed by atoms with Crippen molar-refractivity contribution in [3.05, 3.63) is 0 Å². The molecule has 1 unspecified atom stereocenters. The fourth-order valence-corrected chi connectivity index (χ4v) is 3.44. The highest BCUT2D eigenvalue weighted by atomic mass is 32.2. The van der Waals surface area contributed by atoms with Gasteiger partial charge in [-0.15, -0.1) is 0 Å². The summed E-state index contributed by atoms with van der Waals surface area (Å²) in [6, 6.07) is 0.